The van der Waals surface area contributed by atoms with Crippen LogP contribution in [0.3, 0.4) is 0 Å². The molecule has 1 aromatic carbocycles. The fraction of sp³-hybridized carbons (Fsp3) is 0.333. The van der Waals surface area contributed by atoms with Crippen molar-refractivity contribution in [2.45, 2.75) is 12.6 Å². The number of hydrazine groups is 1. The van der Waals surface area contributed by atoms with Crippen molar-refractivity contribution < 1.29 is 27.5 Å². The molecule has 12 heteroatoms. The number of hydrogen-bond acceptors (Lipinski definition) is 4. The van der Waals surface area contributed by atoms with E-state index in [1.807, 2.05) is 5.32 Å². The van der Waals surface area contributed by atoms with E-state index in [1.165, 1.54) is 12.1 Å². The van der Waals surface area contributed by atoms with E-state index in [-0.39, 0.29) is 28.7 Å². The Labute approximate surface area is 149 Å². The number of hydrogen-bond donors (Lipinski definition) is 3. The number of carbonyl (C=O) groups is 2. The molecule has 0 aliphatic rings. The van der Waals surface area contributed by atoms with E-state index in [0.717, 1.165) is 0 Å². The minimum Gasteiger partial charge on any atom is -0.440 e. The summed E-state index contributed by atoms with van der Waals surface area (Å²) in [5, 5.41) is 2.64. The summed E-state index contributed by atoms with van der Waals surface area (Å²) in [6.07, 6.45) is -6.12. The van der Waals surface area contributed by atoms with Gasteiger partial charge in [-0.25, -0.2) is 4.79 Å². The second-order valence-corrected chi connectivity index (χ2v) is 5.54. The van der Waals surface area contributed by atoms with E-state index < -0.39 is 24.8 Å². The lowest BCUT2D eigenvalue weighted by atomic mass is 10.3. The number of halogens is 6. The molecule has 134 valence electrons. The molecule has 0 radical (unpaired) electrons. The van der Waals surface area contributed by atoms with Crippen molar-refractivity contribution in [3.63, 3.8) is 0 Å². The third kappa shape index (κ3) is 7.80. The molecule has 0 aromatic heterocycles. The van der Waals surface area contributed by atoms with Gasteiger partial charge in [0.25, 0.3) is 0 Å². The van der Waals surface area contributed by atoms with Gasteiger partial charge >= 0.3 is 12.3 Å². The van der Waals surface area contributed by atoms with Crippen molar-refractivity contribution in [2.24, 2.45) is 0 Å². The number of alkyl halides is 3. The second kappa shape index (κ2) is 9.05. The van der Waals surface area contributed by atoms with Crippen LogP contribution in [0.5, 0.6) is 0 Å². The quantitative estimate of drug-likeness (QED) is 0.626. The first-order valence-electron chi connectivity index (χ1n) is 6.25. The van der Waals surface area contributed by atoms with Gasteiger partial charge in [-0.3, -0.25) is 15.6 Å². The third-order valence-electron chi connectivity index (χ3n) is 2.32. The first-order chi connectivity index (χ1) is 11.1. The molecule has 0 unspecified atom stereocenters. The van der Waals surface area contributed by atoms with Gasteiger partial charge in [0.2, 0.25) is 5.91 Å². The van der Waals surface area contributed by atoms with Crippen LogP contribution in [0.4, 0.5) is 23.7 Å². The molecule has 0 heterocycles. The average Bonchev–Trinajstić information content (AvgIpc) is 2.43. The highest BCUT2D eigenvalue weighted by Crippen LogP contribution is 2.33. The number of ether oxygens (including phenoxy) is 1. The van der Waals surface area contributed by atoms with Crippen LogP contribution in [-0.2, 0) is 9.53 Å². The molecule has 0 fully saturated rings. The molecule has 0 saturated carbocycles. The minimum atomic E-state index is -4.62. The molecule has 0 bridgehead atoms. The lowest BCUT2D eigenvalue weighted by molar-refractivity contribution is -0.160. The predicted molar refractivity (Wildman–Crippen MR) is 83.3 cm³/mol. The molecular formula is C12H11Cl3F3N3O3. The molecule has 6 nitrogen and oxygen atoms in total. The maximum Gasteiger partial charge on any atom is 0.422 e. The molecule has 0 aliphatic heterocycles. The van der Waals surface area contributed by atoms with Gasteiger partial charge in [-0.2, -0.15) is 13.2 Å². The van der Waals surface area contributed by atoms with Gasteiger partial charge in [-0.15, -0.1) is 0 Å². The number of alkyl carbamates (subject to hydrolysis) is 1. The van der Waals surface area contributed by atoms with Crippen molar-refractivity contribution in [1.82, 2.24) is 10.7 Å². The van der Waals surface area contributed by atoms with Crippen molar-refractivity contribution in [3.05, 3.63) is 27.2 Å². The lowest BCUT2D eigenvalue weighted by Crippen LogP contribution is -2.35. The van der Waals surface area contributed by atoms with Crippen molar-refractivity contribution >= 4 is 52.5 Å². The zero-order valence-corrected chi connectivity index (χ0v) is 14.0. The highest BCUT2D eigenvalue weighted by molar-refractivity contribution is 6.41. The summed E-state index contributed by atoms with van der Waals surface area (Å²) in [5.41, 5.74) is 4.95. The highest BCUT2D eigenvalue weighted by atomic mass is 35.5. The molecule has 1 aromatic rings. The van der Waals surface area contributed by atoms with Crippen LogP contribution in [0.1, 0.15) is 6.42 Å². The van der Waals surface area contributed by atoms with Gasteiger partial charge in [0.05, 0.1) is 15.7 Å². The molecule has 0 saturated heterocycles. The molecule has 0 atom stereocenters. The monoisotopic (exact) mass is 407 g/mol. The number of benzene rings is 1. The van der Waals surface area contributed by atoms with Crippen molar-refractivity contribution in [2.75, 3.05) is 18.6 Å². The van der Waals surface area contributed by atoms with Crippen LogP contribution in [-0.4, -0.2) is 31.3 Å². The van der Waals surface area contributed by atoms with E-state index in [4.69, 9.17) is 34.8 Å². The van der Waals surface area contributed by atoms with E-state index in [2.05, 4.69) is 15.6 Å². The normalized spacial score (nSPS) is 10.9. The van der Waals surface area contributed by atoms with Gasteiger partial charge in [0.1, 0.15) is 0 Å². The third-order valence-corrected chi connectivity index (χ3v) is 3.14. The minimum absolute atomic E-state index is 0.168. The van der Waals surface area contributed by atoms with Gasteiger partial charge in [0.15, 0.2) is 6.61 Å². The Morgan fingerprint density at radius 2 is 1.71 bits per heavy atom. The van der Waals surface area contributed by atoms with Gasteiger partial charge in [0, 0.05) is 18.0 Å². The number of amides is 2. The molecule has 2 amide bonds. The molecule has 24 heavy (non-hydrogen) atoms. The molecule has 1 rings (SSSR count). The Bertz CT molecular complexity index is 591. The summed E-state index contributed by atoms with van der Waals surface area (Å²) in [4.78, 5) is 22.5. The smallest absolute Gasteiger partial charge is 0.422 e. The first-order valence-corrected chi connectivity index (χ1v) is 7.38. The molecule has 3 N–H and O–H groups in total. The Morgan fingerprint density at radius 3 is 2.25 bits per heavy atom. The Morgan fingerprint density at radius 1 is 1.12 bits per heavy atom. The van der Waals surface area contributed by atoms with Crippen LogP contribution in [0.15, 0.2) is 12.1 Å². The summed E-state index contributed by atoms with van der Waals surface area (Å²) in [6, 6.07) is 2.81. The number of nitrogens with one attached hydrogen (secondary N) is 3. The van der Waals surface area contributed by atoms with E-state index in [0.29, 0.717) is 5.02 Å². The molecular weight excluding hydrogens is 398 g/mol. The van der Waals surface area contributed by atoms with Crippen LogP contribution in [0.25, 0.3) is 0 Å². The SMILES string of the molecule is O=C(CCNC(=O)OCC(F)(F)F)NNc1c(Cl)cc(Cl)cc1Cl. The lowest BCUT2D eigenvalue weighted by Gasteiger charge is -2.12. The Balaban J connectivity index is 2.32. The maximum absolute atomic E-state index is 11.8. The topological polar surface area (TPSA) is 79.5 Å². The summed E-state index contributed by atoms with van der Waals surface area (Å²) >= 11 is 17.5. The van der Waals surface area contributed by atoms with Gasteiger partial charge in [-0.05, 0) is 12.1 Å². The van der Waals surface area contributed by atoms with Gasteiger partial charge < -0.3 is 10.1 Å². The van der Waals surface area contributed by atoms with E-state index >= 15 is 0 Å². The van der Waals surface area contributed by atoms with E-state index in [1.54, 1.807) is 0 Å². The summed E-state index contributed by atoms with van der Waals surface area (Å²) in [5.74, 6) is -0.576. The van der Waals surface area contributed by atoms with Crippen LogP contribution >= 0.6 is 34.8 Å². The average molecular weight is 409 g/mol. The highest BCUT2D eigenvalue weighted by Gasteiger charge is 2.29. The maximum atomic E-state index is 11.8. The van der Waals surface area contributed by atoms with Crippen LogP contribution in [0, 0.1) is 0 Å². The largest absolute Gasteiger partial charge is 0.440 e. The van der Waals surface area contributed by atoms with Crippen molar-refractivity contribution in [3.8, 4) is 0 Å². The number of rotatable bonds is 6. The molecule has 0 aliphatic carbocycles. The zero-order valence-electron chi connectivity index (χ0n) is 11.8. The fourth-order valence-corrected chi connectivity index (χ4v) is 2.24. The Kier molecular flexibility index (Phi) is 7.71. The predicted octanol–water partition coefficient (Wildman–Crippen LogP) is 3.77. The van der Waals surface area contributed by atoms with Crippen molar-refractivity contribution in [1.29, 1.82) is 0 Å². The van der Waals surface area contributed by atoms with Gasteiger partial charge in [-0.1, -0.05) is 34.8 Å². The summed E-state index contributed by atoms with van der Waals surface area (Å²) < 4.78 is 39.3. The standard InChI is InChI=1S/C12H11Cl3F3N3O3/c13-6-3-7(14)10(8(15)4-6)21-20-9(22)1-2-19-11(23)24-5-12(16,17)18/h3-4,21H,1-2,5H2,(H,19,23)(H,20,22). The second-order valence-electron chi connectivity index (χ2n) is 4.29. The Hall–Kier alpha value is -1.58. The van der Waals surface area contributed by atoms with Crippen LogP contribution in [0.2, 0.25) is 15.1 Å². The number of carbonyl (C=O) groups excluding carboxylic acids is 2. The fourth-order valence-electron chi connectivity index (χ4n) is 1.33. The molecule has 0 spiro atoms. The summed E-state index contributed by atoms with van der Waals surface area (Å²) in [7, 11) is 0. The zero-order chi connectivity index (χ0) is 18.3. The van der Waals surface area contributed by atoms with E-state index in [9.17, 15) is 22.8 Å². The number of anilines is 1. The van der Waals surface area contributed by atoms with Crippen LogP contribution < -0.4 is 16.2 Å². The first kappa shape index (κ1) is 20.5. The summed E-state index contributed by atoms with van der Waals surface area (Å²) in [6.45, 7) is -1.94.